The van der Waals surface area contributed by atoms with E-state index in [0.717, 1.165) is 9.86 Å². The van der Waals surface area contributed by atoms with Crippen LogP contribution in [0, 0.1) is 0 Å². The van der Waals surface area contributed by atoms with Crippen LogP contribution < -0.4 is 4.72 Å². The van der Waals surface area contributed by atoms with Gasteiger partial charge in [0.05, 0.1) is 4.90 Å². The van der Waals surface area contributed by atoms with Crippen LogP contribution in [0.4, 0.5) is 0 Å². The molecule has 1 aromatic heterocycles. The summed E-state index contributed by atoms with van der Waals surface area (Å²) in [6.07, 6.45) is 3.21. The molecule has 0 aliphatic heterocycles. The summed E-state index contributed by atoms with van der Waals surface area (Å²) in [5.41, 5.74) is -0.527. The number of rotatable bonds is 2. The predicted molar refractivity (Wildman–Crippen MR) is 79.5 cm³/mol. The van der Waals surface area contributed by atoms with E-state index in [1.165, 1.54) is 0 Å². The van der Waals surface area contributed by atoms with Crippen molar-refractivity contribution in [2.45, 2.75) is 31.2 Å². The van der Waals surface area contributed by atoms with Crippen LogP contribution in [0.3, 0.4) is 0 Å². The van der Waals surface area contributed by atoms with Crippen LogP contribution in [-0.4, -0.2) is 18.9 Å². The maximum absolute atomic E-state index is 12.4. The highest BCUT2D eigenvalue weighted by Crippen LogP contribution is 2.29. The van der Waals surface area contributed by atoms with Gasteiger partial charge >= 0.3 is 0 Å². The Morgan fingerprint density at radius 2 is 1.84 bits per heavy atom. The van der Waals surface area contributed by atoms with Crippen molar-refractivity contribution in [3.05, 3.63) is 35.1 Å². The number of aromatic nitrogens is 1. The largest absolute Gasteiger partial charge is 0.264 e. The molecule has 0 bridgehead atoms. The highest BCUT2D eigenvalue weighted by atomic mass is 79.9. The third-order valence-electron chi connectivity index (χ3n) is 2.45. The van der Waals surface area contributed by atoms with Gasteiger partial charge in [0.25, 0.3) is 0 Å². The van der Waals surface area contributed by atoms with Gasteiger partial charge in [-0.25, -0.2) is 13.1 Å². The summed E-state index contributed by atoms with van der Waals surface area (Å²) in [6.45, 7) is 5.43. The van der Waals surface area contributed by atoms with Gasteiger partial charge in [-0.1, -0.05) is 15.9 Å². The average molecular weight is 343 g/mol. The minimum atomic E-state index is -3.57. The van der Waals surface area contributed by atoms with Crippen LogP contribution in [0.15, 0.2) is 40.0 Å². The number of halogens is 1. The maximum Gasteiger partial charge on any atom is 0.241 e. The van der Waals surface area contributed by atoms with Gasteiger partial charge < -0.3 is 0 Å². The zero-order valence-corrected chi connectivity index (χ0v) is 13.3. The molecule has 0 radical (unpaired) electrons. The minimum absolute atomic E-state index is 0.244. The zero-order chi connectivity index (χ0) is 14.3. The van der Waals surface area contributed by atoms with Crippen molar-refractivity contribution in [1.82, 2.24) is 9.71 Å². The van der Waals surface area contributed by atoms with Gasteiger partial charge in [-0.2, -0.15) is 0 Å². The molecular formula is C13H15BrN2O2S. The molecule has 0 saturated carbocycles. The maximum atomic E-state index is 12.4. The lowest BCUT2D eigenvalue weighted by atomic mass is 10.1. The summed E-state index contributed by atoms with van der Waals surface area (Å²) in [7, 11) is -3.57. The number of pyridine rings is 1. The van der Waals surface area contributed by atoms with E-state index < -0.39 is 15.6 Å². The summed E-state index contributed by atoms with van der Waals surface area (Å²) in [5.74, 6) is 0. The van der Waals surface area contributed by atoms with Crippen LogP contribution in [0.25, 0.3) is 10.8 Å². The highest BCUT2D eigenvalue weighted by Gasteiger charge is 2.24. The van der Waals surface area contributed by atoms with Crippen LogP contribution >= 0.6 is 15.9 Å². The molecular weight excluding hydrogens is 328 g/mol. The highest BCUT2D eigenvalue weighted by molar-refractivity contribution is 9.10. The van der Waals surface area contributed by atoms with Gasteiger partial charge in [-0.15, -0.1) is 0 Å². The first-order valence-electron chi connectivity index (χ1n) is 5.77. The Bertz CT molecular complexity index is 721. The van der Waals surface area contributed by atoms with Gasteiger partial charge in [0.2, 0.25) is 10.0 Å². The zero-order valence-electron chi connectivity index (χ0n) is 10.9. The lowest BCUT2D eigenvalue weighted by Gasteiger charge is -2.21. The van der Waals surface area contributed by atoms with E-state index >= 15 is 0 Å². The lowest BCUT2D eigenvalue weighted by Crippen LogP contribution is -2.40. The molecule has 1 heterocycles. The molecule has 1 N–H and O–H groups in total. The van der Waals surface area contributed by atoms with Gasteiger partial charge in [0.15, 0.2) is 0 Å². The van der Waals surface area contributed by atoms with E-state index in [2.05, 4.69) is 25.6 Å². The van der Waals surface area contributed by atoms with Gasteiger partial charge in [0, 0.05) is 33.2 Å². The Morgan fingerprint density at radius 3 is 2.47 bits per heavy atom. The number of hydrogen-bond donors (Lipinski definition) is 1. The average Bonchev–Trinajstić information content (AvgIpc) is 2.26. The summed E-state index contributed by atoms with van der Waals surface area (Å²) in [4.78, 5) is 4.26. The van der Waals surface area contributed by atoms with E-state index in [4.69, 9.17) is 0 Å². The fourth-order valence-corrected chi connectivity index (χ4v) is 3.91. The number of benzene rings is 1. The Morgan fingerprint density at radius 1 is 1.16 bits per heavy atom. The van der Waals surface area contributed by atoms with E-state index in [9.17, 15) is 8.42 Å². The third-order valence-corrected chi connectivity index (χ3v) is 4.96. The fourth-order valence-electron chi connectivity index (χ4n) is 1.82. The minimum Gasteiger partial charge on any atom is -0.264 e. The molecule has 102 valence electrons. The molecule has 0 atom stereocenters. The van der Waals surface area contributed by atoms with E-state index in [-0.39, 0.29) is 4.90 Å². The molecule has 0 unspecified atom stereocenters. The molecule has 2 aromatic rings. The van der Waals surface area contributed by atoms with E-state index in [0.29, 0.717) is 5.39 Å². The Kier molecular flexibility index (Phi) is 3.68. The SMILES string of the molecule is CC(C)(C)NS(=O)(=O)c1ccc(Br)c2ccncc12. The summed E-state index contributed by atoms with van der Waals surface area (Å²) in [6, 6.07) is 5.11. The topological polar surface area (TPSA) is 59.1 Å². The molecule has 4 nitrogen and oxygen atoms in total. The van der Waals surface area contributed by atoms with Crippen LogP contribution in [-0.2, 0) is 10.0 Å². The van der Waals surface area contributed by atoms with Gasteiger partial charge in [-0.3, -0.25) is 4.98 Å². The lowest BCUT2D eigenvalue weighted by molar-refractivity contribution is 0.492. The Labute approximate surface area is 121 Å². The van der Waals surface area contributed by atoms with Gasteiger partial charge in [0.1, 0.15) is 0 Å². The second kappa shape index (κ2) is 4.85. The number of sulfonamides is 1. The second-order valence-electron chi connectivity index (χ2n) is 5.32. The van der Waals surface area contributed by atoms with Crippen LogP contribution in [0.1, 0.15) is 20.8 Å². The molecule has 0 saturated heterocycles. The molecule has 6 heteroatoms. The summed E-state index contributed by atoms with van der Waals surface area (Å²) in [5, 5.41) is 1.43. The molecule has 0 aliphatic rings. The van der Waals surface area contributed by atoms with Gasteiger partial charge in [-0.05, 0) is 39.0 Å². The molecule has 0 spiro atoms. The quantitative estimate of drug-likeness (QED) is 0.912. The number of fused-ring (bicyclic) bond motifs is 1. The number of hydrogen-bond acceptors (Lipinski definition) is 3. The monoisotopic (exact) mass is 342 g/mol. The Hall–Kier alpha value is -0.980. The molecule has 1 aromatic carbocycles. The number of nitrogens with one attached hydrogen (secondary N) is 1. The van der Waals surface area contributed by atoms with Crippen molar-refractivity contribution >= 4 is 36.7 Å². The van der Waals surface area contributed by atoms with Crippen molar-refractivity contribution in [2.24, 2.45) is 0 Å². The fraction of sp³-hybridized carbons (Fsp3) is 0.308. The smallest absolute Gasteiger partial charge is 0.241 e. The van der Waals surface area contributed by atoms with Crippen molar-refractivity contribution in [1.29, 1.82) is 0 Å². The summed E-state index contributed by atoms with van der Waals surface area (Å²) >= 11 is 3.42. The first-order valence-corrected chi connectivity index (χ1v) is 8.04. The second-order valence-corrected chi connectivity index (χ2v) is 7.83. The van der Waals surface area contributed by atoms with Crippen molar-refractivity contribution in [3.8, 4) is 0 Å². The predicted octanol–water partition coefficient (Wildman–Crippen LogP) is 3.07. The van der Waals surface area contributed by atoms with Crippen molar-refractivity contribution in [3.63, 3.8) is 0 Å². The molecule has 0 fully saturated rings. The Balaban J connectivity index is 2.67. The third kappa shape index (κ3) is 3.13. The molecule has 0 amide bonds. The van der Waals surface area contributed by atoms with Crippen LogP contribution in [0.2, 0.25) is 0 Å². The molecule has 19 heavy (non-hydrogen) atoms. The summed E-state index contributed by atoms with van der Waals surface area (Å²) < 4.78 is 28.3. The first-order chi connectivity index (χ1) is 8.71. The van der Waals surface area contributed by atoms with E-state index in [1.54, 1.807) is 30.6 Å². The standard InChI is InChI=1S/C13H15BrN2O2S/c1-13(2,3)16-19(17,18)12-5-4-11(14)9-6-7-15-8-10(9)12/h4-8,16H,1-3H3. The normalized spacial score (nSPS) is 12.8. The van der Waals surface area contributed by atoms with Crippen molar-refractivity contribution < 1.29 is 8.42 Å². The molecule has 0 aliphatic carbocycles. The van der Waals surface area contributed by atoms with Crippen molar-refractivity contribution in [2.75, 3.05) is 0 Å². The van der Waals surface area contributed by atoms with Crippen LogP contribution in [0.5, 0.6) is 0 Å². The number of nitrogens with zero attached hydrogens (tertiary/aromatic N) is 1. The van der Waals surface area contributed by atoms with E-state index in [1.807, 2.05) is 20.8 Å². The molecule has 2 rings (SSSR count). The first kappa shape index (κ1) is 14.4.